The first-order chi connectivity index (χ1) is 7.79. The van der Waals surface area contributed by atoms with E-state index in [1.165, 1.54) is 4.88 Å². The normalized spacial score (nSPS) is 11.7. The monoisotopic (exact) mass is 250 g/mol. The molecule has 0 aliphatic carbocycles. The molecule has 0 fully saturated rings. The van der Waals surface area contributed by atoms with Crippen molar-refractivity contribution in [1.82, 2.24) is 0 Å². The van der Waals surface area contributed by atoms with Crippen molar-refractivity contribution in [2.75, 3.05) is 5.88 Å². The molecule has 2 rings (SSSR count). The Morgan fingerprint density at radius 3 is 2.88 bits per heavy atom. The smallest absolute Gasteiger partial charge is 0.115 e. The first-order valence-corrected chi connectivity index (χ1v) is 6.24. The highest BCUT2D eigenvalue weighted by Gasteiger charge is 1.99. The number of aliphatic imine (C=N–C) groups is 1. The predicted molar refractivity (Wildman–Crippen MR) is 71.8 cm³/mol. The molecule has 82 valence electrons. The number of benzene rings is 1. The summed E-state index contributed by atoms with van der Waals surface area (Å²) in [6.45, 7) is 0. The van der Waals surface area contributed by atoms with Crippen molar-refractivity contribution < 1.29 is 0 Å². The number of hydrogen-bond acceptors (Lipinski definition) is 2. The summed E-state index contributed by atoms with van der Waals surface area (Å²) in [5, 5.41) is 2.05. The minimum Gasteiger partial charge on any atom is -0.386 e. The molecule has 0 saturated heterocycles. The number of hydrogen-bond donors (Lipinski definition) is 1. The molecule has 0 aliphatic rings. The van der Waals surface area contributed by atoms with E-state index in [9.17, 15) is 0 Å². The molecule has 2 N–H and O–H groups in total. The summed E-state index contributed by atoms with van der Waals surface area (Å²) in [5.41, 5.74) is 7.58. The second kappa shape index (κ2) is 5.14. The summed E-state index contributed by atoms with van der Waals surface area (Å²) in [5.74, 6) is 0.688. The van der Waals surface area contributed by atoms with Gasteiger partial charge in [0.05, 0.1) is 11.6 Å². The minimum absolute atomic E-state index is 0.253. The van der Waals surface area contributed by atoms with Crippen LogP contribution in [-0.4, -0.2) is 11.7 Å². The van der Waals surface area contributed by atoms with Crippen molar-refractivity contribution in [3.8, 4) is 10.4 Å². The zero-order valence-electron chi connectivity index (χ0n) is 8.56. The van der Waals surface area contributed by atoms with Crippen LogP contribution in [0.1, 0.15) is 0 Å². The van der Waals surface area contributed by atoms with Gasteiger partial charge in [-0.15, -0.1) is 22.9 Å². The number of nitrogens with zero attached hydrogens (tertiary/aromatic N) is 1. The van der Waals surface area contributed by atoms with Gasteiger partial charge >= 0.3 is 0 Å². The van der Waals surface area contributed by atoms with E-state index in [1.807, 2.05) is 24.3 Å². The topological polar surface area (TPSA) is 38.4 Å². The van der Waals surface area contributed by atoms with Crippen LogP contribution in [0.3, 0.4) is 0 Å². The maximum absolute atomic E-state index is 5.59. The fourth-order valence-corrected chi connectivity index (χ4v) is 2.15. The summed E-state index contributed by atoms with van der Waals surface area (Å²) in [6.07, 6.45) is 0. The zero-order valence-corrected chi connectivity index (χ0v) is 10.1. The second-order valence-electron chi connectivity index (χ2n) is 3.26. The predicted octanol–water partition coefficient (Wildman–Crippen LogP) is 3.64. The lowest BCUT2D eigenvalue weighted by Gasteiger charge is -2.00. The number of alkyl halides is 1. The van der Waals surface area contributed by atoms with Gasteiger partial charge in [-0.1, -0.05) is 18.2 Å². The number of rotatable bonds is 3. The Morgan fingerprint density at radius 1 is 1.31 bits per heavy atom. The highest BCUT2D eigenvalue weighted by atomic mass is 35.5. The molecular weight excluding hydrogens is 240 g/mol. The van der Waals surface area contributed by atoms with E-state index in [2.05, 4.69) is 22.5 Å². The minimum atomic E-state index is 0.253. The molecule has 0 radical (unpaired) electrons. The van der Waals surface area contributed by atoms with Gasteiger partial charge in [0.2, 0.25) is 0 Å². The van der Waals surface area contributed by atoms with E-state index < -0.39 is 0 Å². The Hall–Kier alpha value is -1.32. The maximum atomic E-state index is 5.59. The first-order valence-electron chi connectivity index (χ1n) is 4.82. The molecule has 1 aromatic carbocycles. The van der Waals surface area contributed by atoms with E-state index in [0.29, 0.717) is 5.84 Å². The van der Waals surface area contributed by atoms with E-state index >= 15 is 0 Å². The van der Waals surface area contributed by atoms with Gasteiger partial charge in [0, 0.05) is 4.88 Å². The molecule has 0 atom stereocenters. The Kier molecular flexibility index (Phi) is 3.59. The van der Waals surface area contributed by atoms with Gasteiger partial charge in [0.25, 0.3) is 0 Å². The van der Waals surface area contributed by atoms with Gasteiger partial charge < -0.3 is 5.73 Å². The van der Waals surface area contributed by atoms with E-state index in [4.69, 9.17) is 17.3 Å². The SMILES string of the molecule is NC(CCl)=Nc1cccc(-c2cccs2)c1. The van der Waals surface area contributed by atoms with Crippen molar-refractivity contribution in [3.63, 3.8) is 0 Å². The van der Waals surface area contributed by atoms with Crippen LogP contribution >= 0.6 is 22.9 Å². The summed E-state index contributed by atoms with van der Waals surface area (Å²) < 4.78 is 0. The number of amidine groups is 1. The summed E-state index contributed by atoms with van der Waals surface area (Å²) in [4.78, 5) is 5.44. The van der Waals surface area contributed by atoms with Gasteiger partial charge in [0.1, 0.15) is 5.84 Å². The molecule has 1 heterocycles. The highest BCUT2D eigenvalue weighted by molar-refractivity contribution is 7.13. The molecule has 2 nitrogen and oxygen atoms in total. The van der Waals surface area contributed by atoms with Gasteiger partial charge in [-0.25, -0.2) is 4.99 Å². The third-order valence-electron chi connectivity index (χ3n) is 2.06. The van der Waals surface area contributed by atoms with E-state index in [-0.39, 0.29) is 5.88 Å². The molecule has 1 aromatic heterocycles. The molecule has 16 heavy (non-hydrogen) atoms. The van der Waals surface area contributed by atoms with Crippen LogP contribution in [0.4, 0.5) is 5.69 Å². The van der Waals surface area contributed by atoms with Crippen molar-refractivity contribution in [3.05, 3.63) is 41.8 Å². The van der Waals surface area contributed by atoms with E-state index in [0.717, 1.165) is 11.3 Å². The van der Waals surface area contributed by atoms with Crippen LogP contribution in [-0.2, 0) is 0 Å². The standard InChI is InChI=1S/C12H11ClN2S/c13-8-12(14)15-10-4-1-3-9(7-10)11-5-2-6-16-11/h1-7H,8H2,(H2,14,15). The van der Waals surface area contributed by atoms with Crippen LogP contribution < -0.4 is 5.73 Å². The van der Waals surface area contributed by atoms with Gasteiger partial charge in [-0.05, 0) is 29.1 Å². The van der Waals surface area contributed by atoms with Crippen LogP contribution in [0.5, 0.6) is 0 Å². The Bertz CT molecular complexity index is 491. The lowest BCUT2D eigenvalue weighted by Crippen LogP contribution is -2.12. The van der Waals surface area contributed by atoms with Gasteiger partial charge in [-0.3, -0.25) is 0 Å². The Morgan fingerprint density at radius 2 is 2.19 bits per heavy atom. The van der Waals surface area contributed by atoms with Crippen molar-refractivity contribution >= 4 is 34.5 Å². The van der Waals surface area contributed by atoms with Crippen LogP contribution in [0.25, 0.3) is 10.4 Å². The molecule has 2 aromatic rings. The quantitative estimate of drug-likeness (QED) is 0.504. The van der Waals surface area contributed by atoms with Crippen LogP contribution in [0.15, 0.2) is 46.8 Å². The molecule has 0 bridgehead atoms. The number of nitrogens with two attached hydrogens (primary N) is 1. The molecule has 0 unspecified atom stereocenters. The van der Waals surface area contributed by atoms with Crippen molar-refractivity contribution in [1.29, 1.82) is 0 Å². The first kappa shape index (κ1) is 11.2. The Labute approximate surface area is 103 Å². The lowest BCUT2D eigenvalue weighted by molar-refractivity contribution is 1.45. The third-order valence-corrected chi connectivity index (χ3v) is 3.25. The summed E-state index contributed by atoms with van der Waals surface area (Å²) in [7, 11) is 0. The number of thiophene rings is 1. The maximum Gasteiger partial charge on any atom is 0.115 e. The fraction of sp³-hybridized carbons (Fsp3) is 0.0833. The van der Waals surface area contributed by atoms with Crippen molar-refractivity contribution in [2.45, 2.75) is 0 Å². The molecular formula is C12H11ClN2S. The van der Waals surface area contributed by atoms with Crippen LogP contribution in [0.2, 0.25) is 0 Å². The average Bonchev–Trinajstić information content (AvgIpc) is 2.83. The van der Waals surface area contributed by atoms with Gasteiger partial charge in [-0.2, -0.15) is 0 Å². The fourth-order valence-electron chi connectivity index (χ4n) is 1.37. The molecule has 0 saturated carbocycles. The van der Waals surface area contributed by atoms with Crippen LogP contribution in [0, 0.1) is 0 Å². The molecule has 0 spiro atoms. The second-order valence-corrected chi connectivity index (χ2v) is 4.48. The molecule has 0 aliphatic heterocycles. The van der Waals surface area contributed by atoms with Gasteiger partial charge in [0.15, 0.2) is 0 Å². The third kappa shape index (κ3) is 2.62. The lowest BCUT2D eigenvalue weighted by atomic mass is 10.2. The molecule has 0 amide bonds. The molecule has 4 heteroatoms. The summed E-state index contributed by atoms with van der Waals surface area (Å²) in [6, 6.07) is 12.1. The zero-order chi connectivity index (χ0) is 11.4. The summed E-state index contributed by atoms with van der Waals surface area (Å²) >= 11 is 7.29. The average molecular weight is 251 g/mol. The Balaban J connectivity index is 2.34. The van der Waals surface area contributed by atoms with Crippen molar-refractivity contribution in [2.24, 2.45) is 10.7 Å². The van der Waals surface area contributed by atoms with E-state index in [1.54, 1.807) is 11.3 Å². The largest absolute Gasteiger partial charge is 0.386 e. The number of halogens is 1. The highest BCUT2D eigenvalue weighted by Crippen LogP contribution is 2.27.